The maximum atomic E-state index is 5.70. The van der Waals surface area contributed by atoms with Gasteiger partial charge >= 0.3 is 47.4 Å². The zero-order chi connectivity index (χ0) is 4.99. The van der Waals surface area contributed by atoms with Crippen LogP contribution in [0.2, 0.25) is 0 Å². The fourth-order valence-corrected chi connectivity index (χ4v) is 0.863. The van der Waals surface area contributed by atoms with Crippen LogP contribution in [0.1, 0.15) is 13.8 Å². The van der Waals surface area contributed by atoms with Crippen LogP contribution in [0.3, 0.4) is 0 Å². The molecule has 0 nitrogen and oxygen atoms in total. The summed E-state index contributed by atoms with van der Waals surface area (Å²) in [6, 6.07) is 0. The third kappa shape index (κ3) is 2.93. The van der Waals surface area contributed by atoms with Crippen molar-refractivity contribution < 1.29 is 15.3 Å². The third-order valence-electron chi connectivity index (χ3n) is 0.349. The average molecular weight is 287 g/mol. The third-order valence-corrected chi connectivity index (χ3v) is 5.11. The summed E-state index contributed by atoms with van der Waals surface area (Å²) < 4.78 is 4.18. The Balaban J connectivity index is 3.86. The van der Waals surface area contributed by atoms with Gasteiger partial charge in [0.1, 0.15) is 0 Å². The van der Waals surface area contributed by atoms with Crippen molar-refractivity contribution >= 4 is 18.2 Å². The average Bonchev–Trinajstić information content (AvgIpc) is 1.65. The maximum absolute atomic E-state index is 5.70. The summed E-state index contributed by atoms with van der Waals surface area (Å²) in [6.07, 6.45) is 0. The van der Waals surface area contributed by atoms with Crippen LogP contribution < -0.4 is 0 Å². The van der Waals surface area contributed by atoms with Gasteiger partial charge in [0.25, 0.3) is 0 Å². The summed E-state index contributed by atoms with van der Waals surface area (Å²) in [4.78, 5) is 0. The SMILES string of the molecule is C/[CH]=[Pt](\[Cl])=[CH]/C. The normalized spacial score (nSPS) is 18.8. The molecule has 0 amide bonds. The van der Waals surface area contributed by atoms with E-state index in [9.17, 15) is 0 Å². The molecule has 0 aromatic rings. The van der Waals surface area contributed by atoms with Gasteiger partial charge in [-0.2, -0.15) is 0 Å². The Labute approximate surface area is 47.6 Å². The van der Waals surface area contributed by atoms with Gasteiger partial charge in [-0.1, -0.05) is 0 Å². The van der Waals surface area contributed by atoms with E-state index in [1.165, 1.54) is 0 Å². The molecular formula is C4H8ClPt. The predicted molar refractivity (Wildman–Crippen MR) is 29.3 cm³/mol. The van der Waals surface area contributed by atoms with Gasteiger partial charge in [0, 0.05) is 0 Å². The van der Waals surface area contributed by atoms with Gasteiger partial charge in [-0.25, -0.2) is 0 Å². The van der Waals surface area contributed by atoms with E-state index in [2.05, 4.69) is 8.80 Å². The molecule has 0 aliphatic carbocycles. The quantitative estimate of drug-likeness (QED) is 0.631. The van der Waals surface area contributed by atoms with Gasteiger partial charge in [0.15, 0.2) is 0 Å². The first-order chi connectivity index (χ1) is 2.81. The van der Waals surface area contributed by atoms with Crippen LogP contribution in [-0.2, 0) is 15.3 Å². The van der Waals surface area contributed by atoms with E-state index in [1.807, 2.05) is 13.8 Å². The van der Waals surface area contributed by atoms with Crippen molar-refractivity contribution in [3.8, 4) is 0 Å². The van der Waals surface area contributed by atoms with E-state index >= 15 is 0 Å². The fraction of sp³-hybridized carbons (Fsp3) is 0.500. The second kappa shape index (κ2) is 3.89. The summed E-state index contributed by atoms with van der Waals surface area (Å²) in [5, 5.41) is 0. The first kappa shape index (κ1) is 6.72. The minimum absolute atomic E-state index is 1.08. The molecule has 0 atom stereocenters. The Kier molecular flexibility index (Phi) is 4.36. The molecule has 0 rings (SSSR count). The zero-order valence-corrected chi connectivity index (χ0v) is 6.88. The van der Waals surface area contributed by atoms with E-state index in [0.717, 1.165) is 0 Å². The molecule has 0 saturated heterocycles. The molecule has 0 spiro atoms. The Morgan fingerprint density at radius 2 is 1.67 bits per heavy atom. The predicted octanol–water partition coefficient (Wildman–Crippen LogP) is 1.40. The van der Waals surface area contributed by atoms with Crippen molar-refractivity contribution in [3.63, 3.8) is 0 Å². The molecule has 0 fully saturated rings. The van der Waals surface area contributed by atoms with Gasteiger partial charge in [-0.3, -0.25) is 0 Å². The molecule has 0 aromatic carbocycles. The molecule has 0 radical (unpaired) electrons. The van der Waals surface area contributed by atoms with Gasteiger partial charge < -0.3 is 0 Å². The van der Waals surface area contributed by atoms with E-state index in [4.69, 9.17) is 9.42 Å². The van der Waals surface area contributed by atoms with E-state index in [1.54, 1.807) is 0 Å². The molecule has 0 bridgehead atoms. The first-order valence-corrected chi connectivity index (χ1v) is 7.08. The molecule has 0 aliphatic heterocycles. The van der Waals surface area contributed by atoms with Crippen LogP contribution in [-0.4, -0.2) is 8.80 Å². The summed E-state index contributed by atoms with van der Waals surface area (Å²) in [5.74, 6) is 0. The van der Waals surface area contributed by atoms with Crippen LogP contribution >= 0.6 is 9.42 Å². The Bertz CT molecular complexity index is 88.1. The fourth-order valence-electron chi connectivity index (χ4n) is 0.105. The molecule has 0 unspecified atom stereocenters. The van der Waals surface area contributed by atoms with Gasteiger partial charge in [0.05, 0.1) is 0 Å². The van der Waals surface area contributed by atoms with E-state index in [0.29, 0.717) is 0 Å². The van der Waals surface area contributed by atoms with Gasteiger partial charge in [-0.05, 0) is 0 Å². The van der Waals surface area contributed by atoms with Crippen molar-refractivity contribution in [1.29, 1.82) is 0 Å². The van der Waals surface area contributed by atoms with Crippen LogP contribution in [0.15, 0.2) is 0 Å². The summed E-state index contributed by atoms with van der Waals surface area (Å²) in [6.45, 7) is 4.02. The van der Waals surface area contributed by atoms with Crippen LogP contribution in [0, 0.1) is 0 Å². The number of rotatable bonds is 0. The molecule has 0 aromatic heterocycles. The minimum atomic E-state index is -1.08. The first-order valence-electron chi connectivity index (χ1n) is 1.64. The second-order valence-corrected chi connectivity index (χ2v) is 7.24. The Morgan fingerprint density at radius 1 is 1.33 bits per heavy atom. The van der Waals surface area contributed by atoms with Gasteiger partial charge in [0.2, 0.25) is 0 Å². The monoisotopic (exact) mass is 286 g/mol. The van der Waals surface area contributed by atoms with Crippen molar-refractivity contribution in [2.45, 2.75) is 13.8 Å². The van der Waals surface area contributed by atoms with Gasteiger partial charge in [-0.15, -0.1) is 0 Å². The van der Waals surface area contributed by atoms with E-state index < -0.39 is 15.3 Å². The Morgan fingerprint density at radius 3 is 1.67 bits per heavy atom. The Hall–Kier alpha value is 0.718. The number of hydrogen-bond acceptors (Lipinski definition) is 0. The van der Waals surface area contributed by atoms with Crippen molar-refractivity contribution in [1.82, 2.24) is 0 Å². The van der Waals surface area contributed by atoms with Crippen LogP contribution in [0.4, 0.5) is 0 Å². The van der Waals surface area contributed by atoms with Crippen molar-refractivity contribution in [3.05, 3.63) is 0 Å². The van der Waals surface area contributed by atoms with Crippen molar-refractivity contribution in [2.24, 2.45) is 0 Å². The van der Waals surface area contributed by atoms with Crippen LogP contribution in [0.25, 0.3) is 0 Å². The molecule has 6 heavy (non-hydrogen) atoms. The second-order valence-electron chi connectivity index (χ2n) is 0.609. The molecule has 0 saturated carbocycles. The summed E-state index contributed by atoms with van der Waals surface area (Å²) in [5.41, 5.74) is 0. The van der Waals surface area contributed by atoms with E-state index in [-0.39, 0.29) is 0 Å². The standard InChI is InChI=1S/2C2H4.ClH.Pt/c2*1-2;;/h2*1H,2H3;1H;/q;;;+1/p-1. The zero-order valence-electron chi connectivity index (χ0n) is 3.85. The molecule has 2 heteroatoms. The molecule has 0 N–H and O–H groups in total. The molecular weight excluding hydrogens is 279 g/mol. The topological polar surface area (TPSA) is 0 Å². The summed E-state index contributed by atoms with van der Waals surface area (Å²) >= 11 is -1.08. The molecule has 0 aliphatic rings. The van der Waals surface area contributed by atoms with Crippen molar-refractivity contribution in [2.75, 3.05) is 0 Å². The molecule has 0 heterocycles. The summed E-state index contributed by atoms with van der Waals surface area (Å²) in [7, 11) is 5.70. The molecule has 41 valence electrons. The number of halogens is 1. The van der Waals surface area contributed by atoms with Crippen LogP contribution in [0.5, 0.6) is 0 Å². The number of hydrogen-bond donors (Lipinski definition) is 0.